The van der Waals surface area contributed by atoms with E-state index in [0.717, 1.165) is 0 Å². The van der Waals surface area contributed by atoms with Gasteiger partial charge in [-0.2, -0.15) is 11.8 Å². The van der Waals surface area contributed by atoms with Gasteiger partial charge in [-0.15, -0.1) is 0 Å². The molecule has 0 aromatic heterocycles. The molecule has 0 aliphatic carbocycles. The molecule has 0 aromatic carbocycles. The van der Waals surface area contributed by atoms with Gasteiger partial charge in [-0.05, 0) is 36.7 Å². The molecule has 3 amide bonds. The highest BCUT2D eigenvalue weighted by Crippen LogP contribution is 2.10. The van der Waals surface area contributed by atoms with E-state index in [2.05, 4.69) is 16.0 Å². The van der Waals surface area contributed by atoms with Crippen LogP contribution < -0.4 is 21.7 Å². The van der Waals surface area contributed by atoms with Crippen molar-refractivity contribution in [1.29, 1.82) is 0 Å². The fourth-order valence-corrected chi connectivity index (χ4v) is 3.33. The molecule has 0 radical (unpaired) electrons. The van der Waals surface area contributed by atoms with Crippen LogP contribution in [0.1, 0.15) is 53.4 Å². The highest BCUT2D eigenvalue weighted by molar-refractivity contribution is 7.98. The normalized spacial score (nSPS) is 15.6. The molecule has 0 saturated carbocycles. The van der Waals surface area contributed by atoms with E-state index in [0.29, 0.717) is 12.2 Å². The van der Waals surface area contributed by atoms with Crippen LogP contribution in [0, 0.1) is 11.8 Å². The van der Waals surface area contributed by atoms with Gasteiger partial charge in [0.15, 0.2) is 0 Å². The second kappa shape index (κ2) is 15.5. The van der Waals surface area contributed by atoms with Crippen LogP contribution in [0.4, 0.5) is 0 Å². The average molecular weight is 491 g/mol. The molecule has 0 rings (SSSR count). The zero-order valence-electron chi connectivity index (χ0n) is 19.9. The lowest BCUT2D eigenvalue weighted by atomic mass is 9.97. The van der Waals surface area contributed by atoms with Crippen LogP contribution in [0.3, 0.4) is 0 Å². The van der Waals surface area contributed by atoms with Gasteiger partial charge in [-0.25, -0.2) is 4.79 Å². The minimum atomic E-state index is -1.29. The highest BCUT2D eigenvalue weighted by atomic mass is 32.2. The molecule has 0 fully saturated rings. The van der Waals surface area contributed by atoms with Crippen molar-refractivity contribution in [3.8, 4) is 0 Å². The minimum Gasteiger partial charge on any atom is -0.481 e. The molecular formula is C21H38N4O7S. The number of nitrogens with two attached hydrogens (primary N) is 1. The number of amides is 3. The molecule has 5 unspecified atom stereocenters. The first kappa shape index (κ1) is 30.7. The molecule has 33 heavy (non-hydrogen) atoms. The Morgan fingerprint density at radius 3 is 1.91 bits per heavy atom. The van der Waals surface area contributed by atoms with Crippen molar-refractivity contribution in [3.05, 3.63) is 0 Å². The minimum absolute atomic E-state index is 0.107. The number of thioether (sulfide) groups is 1. The lowest BCUT2D eigenvalue weighted by Crippen LogP contribution is -2.59. The molecule has 0 spiro atoms. The van der Waals surface area contributed by atoms with Crippen molar-refractivity contribution in [2.24, 2.45) is 17.6 Å². The molecule has 5 atom stereocenters. The Morgan fingerprint density at radius 1 is 0.879 bits per heavy atom. The fourth-order valence-electron chi connectivity index (χ4n) is 2.86. The Hall–Kier alpha value is -2.34. The van der Waals surface area contributed by atoms with Gasteiger partial charge in [0.05, 0.1) is 6.04 Å². The highest BCUT2D eigenvalue weighted by Gasteiger charge is 2.32. The Labute approximate surface area is 199 Å². The first-order chi connectivity index (χ1) is 15.3. The molecule has 0 aliphatic rings. The smallest absolute Gasteiger partial charge is 0.326 e. The Bertz CT molecular complexity index is 690. The van der Waals surface area contributed by atoms with E-state index in [1.165, 1.54) is 11.8 Å². The van der Waals surface area contributed by atoms with Crippen LogP contribution in [0.2, 0.25) is 0 Å². The van der Waals surface area contributed by atoms with E-state index in [1.54, 1.807) is 20.1 Å². The molecular weight excluding hydrogens is 452 g/mol. The zero-order valence-corrected chi connectivity index (χ0v) is 20.7. The maximum atomic E-state index is 12.9. The number of hydrogen-bond donors (Lipinski definition) is 6. The number of carbonyl (C=O) groups excluding carboxylic acids is 3. The summed E-state index contributed by atoms with van der Waals surface area (Å²) >= 11 is 1.41. The van der Waals surface area contributed by atoms with Crippen LogP contribution in [-0.2, 0) is 24.0 Å². The molecule has 7 N–H and O–H groups in total. The van der Waals surface area contributed by atoms with E-state index in [9.17, 15) is 29.1 Å². The van der Waals surface area contributed by atoms with Crippen molar-refractivity contribution < 1.29 is 34.2 Å². The molecule has 0 aromatic rings. The summed E-state index contributed by atoms with van der Waals surface area (Å²) in [5.74, 6) is -4.37. The van der Waals surface area contributed by atoms with Crippen molar-refractivity contribution in [2.75, 3.05) is 12.0 Å². The molecule has 11 nitrogen and oxygen atoms in total. The molecule has 0 heterocycles. The fraction of sp³-hybridized carbons (Fsp3) is 0.762. The van der Waals surface area contributed by atoms with Gasteiger partial charge >= 0.3 is 11.9 Å². The summed E-state index contributed by atoms with van der Waals surface area (Å²) in [4.78, 5) is 60.6. The number of aliphatic carboxylic acids is 2. The summed E-state index contributed by atoms with van der Waals surface area (Å²) < 4.78 is 0. The predicted molar refractivity (Wildman–Crippen MR) is 126 cm³/mol. The third-order valence-corrected chi connectivity index (χ3v) is 5.96. The Morgan fingerprint density at radius 2 is 1.45 bits per heavy atom. The van der Waals surface area contributed by atoms with E-state index < -0.39 is 60.2 Å². The number of rotatable bonds is 16. The number of hydrogen-bond acceptors (Lipinski definition) is 7. The monoisotopic (exact) mass is 490 g/mol. The third kappa shape index (κ3) is 11.4. The number of carbonyl (C=O) groups is 5. The summed E-state index contributed by atoms with van der Waals surface area (Å²) in [5.41, 5.74) is 5.94. The van der Waals surface area contributed by atoms with Crippen molar-refractivity contribution in [3.63, 3.8) is 0 Å². The summed E-state index contributed by atoms with van der Waals surface area (Å²) in [6.45, 7) is 7.11. The maximum Gasteiger partial charge on any atom is 0.326 e. The van der Waals surface area contributed by atoms with Gasteiger partial charge in [0.1, 0.15) is 18.1 Å². The van der Waals surface area contributed by atoms with Gasteiger partial charge in [0, 0.05) is 6.42 Å². The van der Waals surface area contributed by atoms with Crippen molar-refractivity contribution >= 4 is 41.4 Å². The van der Waals surface area contributed by atoms with Gasteiger partial charge in [0.25, 0.3) is 0 Å². The molecule has 190 valence electrons. The van der Waals surface area contributed by atoms with Crippen molar-refractivity contribution in [2.45, 2.75) is 77.5 Å². The van der Waals surface area contributed by atoms with Crippen LogP contribution >= 0.6 is 11.8 Å². The summed E-state index contributed by atoms with van der Waals surface area (Å²) in [6.07, 6.45) is 1.97. The lowest BCUT2D eigenvalue weighted by Gasteiger charge is -2.27. The Balaban J connectivity index is 5.50. The molecule has 0 bridgehead atoms. The van der Waals surface area contributed by atoms with E-state index in [4.69, 9.17) is 10.8 Å². The topological polar surface area (TPSA) is 188 Å². The maximum absolute atomic E-state index is 12.9. The molecule has 12 heteroatoms. The number of carboxylic acid groups (broad SMARTS) is 2. The SMILES string of the molecule is CCC(C)C(N)C(=O)NC(C(=O)NC(CCC(=O)O)C(=O)NC(CCSC)C(=O)O)C(C)C. The lowest BCUT2D eigenvalue weighted by molar-refractivity contribution is -0.143. The van der Waals surface area contributed by atoms with Crippen molar-refractivity contribution in [1.82, 2.24) is 16.0 Å². The standard InChI is InChI=1S/C21H38N4O7S/c1-6-12(4)16(22)19(29)25-17(11(2)3)20(30)23-13(7-8-15(26)27)18(28)24-14(21(31)32)9-10-33-5/h11-14,16-17H,6-10,22H2,1-5H3,(H,23,30)(H,24,28)(H,25,29)(H,26,27)(H,31,32). The summed E-state index contributed by atoms with van der Waals surface area (Å²) in [5, 5.41) is 25.8. The van der Waals surface area contributed by atoms with Gasteiger partial charge in [-0.1, -0.05) is 34.1 Å². The third-order valence-electron chi connectivity index (χ3n) is 5.31. The number of carboxylic acids is 2. The predicted octanol–water partition coefficient (Wildman–Crippen LogP) is 0.173. The molecule has 0 aliphatic heterocycles. The quantitative estimate of drug-likeness (QED) is 0.175. The van der Waals surface area contributed by atoms with Crippen LogP contribution in [0.25, 0.3) is 0 Å². The largest absolute Gasteiger partial charge is 0.481 e. The van der Waals surface area contributed by atoms with Crippen LogP contribution in [0.5, 0.6) is 0 Å². The van der Waals surface area contributed by atoms with E-state index in [1.807, 2.05) is 13.8 Å². The van der Waals surface area contributed by atoms with E-state index in [-0.39, 0.29) is 24.7 Å². The summed E-state index contributed by atoms with van der Waals surface area (Å²) in [7, 11) is 0. The second-order valence-electron chi connectivity index (χ2n) is 8.32. The summed E-state index contributed by atoms with van der Waals surface area (Å²) in [6, 6.07) is -4.29. The van der Waals surface area contributed by atoms with Gasteiger partial charge in [0.2, 0.25) is 17.7 Å². The van der Waals surface area contributed by atoms with Crippen LogP contribution in [-0.4, -0.2) is 76.0 Å². The van der Waals surface area contributed by atoms with Gasteiger partial charge < -0.3 is 31.9 Å². The second-order valence-corrected chi connectivity index (χ2v) is 9.30. The zero-order chi connectivity index (χ0) is 25.7. The average Bonchev–Trinajstić information content (AvgIpc) is 2.75. The van der Waals surface area contributed by atoms with Crippen LogP contribution in [0.15, 0.2) is 0 Å². The Kier molecular flexibility index (Phi) is 14.4. The van der Waals surface area contributed by atoms with Gasteiger partial charge in [-0.3, -0.25) is 19.2 Å². The van der Waals surface area contributed by atoms with E-state index >= 15 is 0 Å². The first-order valence-electron chi connectivity index (χ1n) is 11.0. The molecule has 0 saturated heterocycles. The first-order valence-corrected chi connectivity index (χ1v) is 12.3. The number of nitrogens with one attached hydrogen (secondary N) is 3.